The molecule has 7 fully saturated rings. The summed E-state index contributed by atoms with van der Waals surface area (Å²) in [6.07, 6.45) is 7.11. The van der Waals surface area contributed by atoms with Crippen molar-refractivity contribution in [3.63, 3.8) is 0 Å². The van der Waals surface area contributed by atoms with Gasteiger partial charge in [0.15, 0.2) is 12.0 Å². The van der Waals surface area contributed by atoms with E-state index in [2.05, 4.69) is 0 Å². The van der Waals surface area contributed by atoms with Crippen LogP contribution < -0.4 is 0 Å². The fourth-order valence-electron chi connectivity index (χ4n) is 9.23. The number of rotatable bonds is 9. The smallest absolute Gasteiger partial charge is 0.360 e. The highest BCUT2D eigenvalue weighted by Crippen LogP contribution is 2.65. The Hall–Kier alpha value is -2.16. The van der Waals surface area contributed by atoms with Crippen molar-refractivity contribution >= 4 is 23.9 Å². The van der Waals surface area contributed by atoms with Gasteiger partial charge in [0, 0.05) is 17.3 Å². The van der Waals surface area contributed by atoms with E-state index in [0.29, 0.717) is 12.8 Å². The first-order chi connectivity index (χ1) is 18.3. The summed E-state index contributed by atoms with van der Waals surface area (Å²) < 4.78 is 16.4. The van der Waals surface area contributed by atoms with Crippen LogP contribution in [-0.4, -0.2) is 48.3 Å². The molecule has 1 aliphatic heterocycles. The molecule has 9 nitrogen and oxygen atoms in total. The maximum Gasteiger partial charge on any atom is 0.360 e. The molecule has 0 radical (unpaired) electrons. The Labute approximate surface area is 229 Å². The Bertz CT molecular complexity index is 1040. The van der Waals surface area contributed by atoms with E-state index in [1.54, 1.807) is 13.8 Å². The summed E-state index contributed by atoms with van der Waals surface area (Å²) in [7, 11) is 0. The molecular formula is C30H42O9. The van der Waals surface area contributed by atoms with Crippen molar-refractivity contribution in [2.45, 2.75) is 110 Å². The number of fused-ring (bicyclic) bond motifs is 1. The number of hydrogen-bond donors (Lipinski definition) is 0. The predicted octanol–water partition coefficient (Wildman–Crippen LogP) is 4.30. The van der Waals surface area contributed by atoms with Crippen molar-refractivity contribution in [1.82, 2.24) is 0 Å². The van der Waals surface area contributed by atoms with E-state index in [1.807, 2.05) is 20.8 Å². The first-order valence-corrected chi connectivity index (χ1v) is 14.8. The Morgan fingerprint density at radius 3 is 2.15 bits per heavy atom. The summed E-state index contributed by atoms with van der Waals surface area (Å²) in [5, 5.41) is 0. The van der Waals surface area contributed by atoms with Crippen LogP contribution in [0.5, 0.6) is 0 Å². The third kappa shape index (κ3) is 4.04. The van der Waals surface area contributed by atoms with Gasteiger partial charge in [0.2, 0.25) is 0 Å². The van der Waals surface area contributed by atoms with Gasteiger partial charge in [-0.25, -0.2) is 9.59 Å². The van der Waals surface area contributed by atoms with E-state index in [-0.39, 0.29) is 17.8 Å². The third-order valence-electron chi connectivity index (χ3n) is 11.6. The molecule has 9 heteroatoms. The molecule has 5 atom stereocenters. The van der Waals surface area contributed by atoms with Gasteiger partial charge in [-0.2, -0.15) is 4.89 Å². The molecule has 7 aliphatic rings. The highest BCUT2D eigenvalue weighted by molar-refractivity contribution is 6.02. The number of hydrogen-bond acceptors (Lipinski definition) is 9. The number of carbonyl (C=O) groups is 4. The quantitative estimate of drug-likeness (QED) is 0.137. The van der Waals surface area contributed by atoms with Gasteiger partial charge in [-0.1, -0.05) is 6.92 Å². The topological polar surface area (TPSA) is 114 Å². The van der Waals surface area contributed by atoms with E-state index in [0.717, 1.165) is 37.0 Å². The highest BCUT2D eigenvalue weighted by Gasteiger charge is 2.76. The van der Waals surface area contributed by atoms with Gasteiger partial charge < -0.3 is 14.2 Å². The average Bonchev–Trinajstić information content (AvgIpc) is 3.47. The Kier molecular flexibility index (Phi) is 6.18. The van der Waals surface area contributed by atoms with Crippen molar-refractivity contribution in [1.29, 1.82) is 0 Å². The molecule has 216 valence electrons. The minimum atomic E-state index is -1.42. The molecule has 0 amide bonds. The lowest BCUT2D eigenvalue weighted by molar-refractivity contribution is -0.367. The number of carbonyl (C=O) groups excluding carboxylic acids is 4. The molecule has 0 spiro atoms. The van der Waals surface area contributed by atoms with Crippen molar-refractivity contribution in [3.05, 3.63) is 0 Å². The summed E-state index contributed by atoms with van der Waals surface area (Å²) in [6, 6.07) is 0. The molecule has 0 aromatic carbocycles. The number of ether oxygens (including phenoxy) is 3. The lowest BCUT2D eigenvalue weighted by atomic mass is 9.46. The Morgan fingerprint density at radius 2 is 1.56 bits per heavy atom. The lowest BCUT2D eigenvalue weighted by Crippen LogP contribution is -2.57. The Balaban J connectivity index is 1.07. The monoisotopic (exact) mass is 546 g/mol. The first kappa shape index (κ1) is 27.0. The van der Waals surface area contributed by atoms with Crippen LogP contribution >= 0.6 is 0 Å². The van der Waals surface area contributed by atoms with Crippen LogP contribution in [0.3, 0.4) is 0 Å². The molecule has 6 aliphatic carbocycles. The second-order valence-electron chi connectivity index (χ2n) is 14.6. The first-order valence-electron chi connectivity index (χ1n) is 14.8. The third-order valence-corrected chi connectivity index (χ3v) is 11.6. The molecule has 0 N–H and O–H groups in total. The normalized spacial score (nSPS) is 41.5. The summed E-state index contributed by atoms with van der Waals surface area (Å²) in [6.45, 7) is 8.91. The molecule has 7 rings (SSSR count). The average molecular weight is 547 g/mol. The fourth-order valence-corrected chi connectivity index (χ4v) is 9.23. The van der Waals surface area contributed by atoms with E-state index in [1.165, 1.54) is 19.3 Å². The zero-order chi connectivity index (χ0) is 28.0. The van der Waals surface area contributed by atoms with Gasteiger partial charge in [0.1, 0.15) is 17.8 Å². The summed E-state index contributed by atoms with van der Waals surface area (Å²) in [5.41, 5.74) is -2.79. The molecule has 6 saturated carbocycles. The van der Waals surface area contributed by atoms with Gasteiger partial charge in [0.25, 0.3) is 0 Å². The van der Waals surface area contributed by atoms with Crippen LogP contribution in [0.1, 0.15) is 92.4 Å². The minimum absolute atomic E-state index is 0.0117. The maximum atomic E-state index is 13.5. The van der Waals surface area contributed by atoms with E-state index < -0.39 is 65.0 Å². The Morgan fingerprint density at radius 1 is 0.949 bits per heavy atom. The van der Waals surface area contributed by atoms with Gasteiger partial charge in [-0.05, 0) is 103 Å². The molecule has 6 bridgehead atoms. The number of esters is 3. The highest BCUT2D eigenvalue weighted by atomic mass is 17.2. The summed E-state index contributed by atoms with van der Waals surface area (Å²) in [5.74, 6) is -0.959. The van der Waals surface area contributed by atoms with Gasteiger partial charge >= 0.3 is 23.9 Å². The van der Waals surface area contributed by atoms with Crippen molar-refractivity contribution < 1.29 is 43.2 Å². The second-order valence-corrected chi connectivity index (χ2v) is 14.6. The van der Waals surface area contributed by atoms with Crippen molar-refractivity contribution in [2.24, 2.45) is 45.8 Å². The van der Waals surface area contributed by atoms with Gasteiger partial charge in [0.05, 0.1) is 5.41 Å². The lowest BCUT2D eigenvalue weighted by Gasteiger charge is -2.61. The van der Waals surface area contributed by atoms with Crippen LogP contribution in [0.25, 0.3) is 0 Å². The largest absolute Gasteiger partial charge is 0.457 e. The SMILES string of the molecule is CCC(C)(C)C(=O)OCC(=O)OC1C2CC3C1OC(=O)C3(C(=O)OOC(C)(C)C13CC4CC(CC(C4)C1)C3)C2. The molecule has 1 heterocycles. The van der Waals surface area contributed by atoms with E-state index >= 15 is 0 Å². The van der Waals surface area contributed by atoms with E-state index in [4.69, 9.17) is 24.0 Å². The molecular weight excluding hydrogens is 504 g/mol. The maximum absolute atomic E-state index is 13.5. The van der Waals surface area contributed by atoms with Crippen LogP contribution in [0.2, 0.25) is 0 Å². The molecule has 0 aromatic rings. The molecule has 0 aromatic heterocycles. The molecule has 1 saturated heterocycles. The van der Waals surface area contributed by atoms with E-state index in [9.17, 15) is 19.2 Å². The molecule has 5 unspecified atom stereocenters. The zero-order valence-electron chi connectivity index (χ0n) is 23.8. The van der Waals surface area contributed by atoms with Crippen molar-refractivity contribution in [3.8, 4) is 0 Å². The van der Waals surface area contributed by atoms with Gasteiger partial charge in [-0.15, -0.1) is 0 Å². The van der Waals surface area contributed by atoms with Crippen LogP contribution in [-0.2, 0) is 43.2 Å². The predicted molar refractivity (Wildman–Crippen MR) is 135 cm³/mol. The van der Waals surface area contributed by atoms with Crippen molar-refractivity contribution in [2.75, 3.05) is 6.61 Å². The molecule has 39 heavy (non-hydrogen) atoms. The van der Waals surface area contributed by atoms with Crippen LogP contribution in [0.4, 0.5) is 0 Å². The van der Waals surface area contributed by atoms with Gasteiger partial charge in [-0.3, -0.25) is 14.5 Å². The van der Waals surface area contributed by atoms with Crippen LogP contribution in [0.15, 0.2) is 0 Å². The fraction of sp³-hybridized carbons (Fsp3) is 0.867. The standard InChI is InChI=1S/C30H42O9/c1-6-27(2,3)24(32)35-15-21(31)36-22-19-10-20-23(22)37-25(33)30(20,14-19)26(34)38-39-28(4,5)29-11-16-7-17(12-29)9-18(8-16)13-29/h16-20,22-23H,6-15H2,1-5H3. The minimum Gasteiger partial charge on any atom is -0.457 e. The zero-order valence-corrected chi connectivity index (χ0v) is 23.8. The summed E-state index contributed by atoms with van der Waals surface area (Å²) >= 11 is 0. The van der Waals surface area contributed by atoms with Crippen LogP contribution in [0, 0.1) is 45.8 Å². The summed E-state index contributed by atoms with van der Waals surface area (Å²) in [4.78, 5) is 62.8. The second kappa shape index (κ2) is 8.92.